The highest BCUT2D eigenvalue weighted by Gasteiger charge is 2.43. The van der Waals surface area contributed by atoms with Gasteiger partial charge in [0.15, 0.2) is 0 Å². The monoisotopic (exact) mass is 702 g/mol. The van der Waals surface area contributed by atoms with Gasteiger partial charge in [-0.05, 0) is 60.9 Å². The number of piperidine rings is 1. The summed E-state index contributed by atoms with van der Waals surface area (Å²) in [5, 5.41) is 0. The molecule has 3 aromatic rings. The van der Waals surface area contributed by atoms with Crippen molar-refractivity contribution in [1.29, 1.82) is 0 Å². The van der Waals surface area contributed by atoms with Crippen molar-refractivity contribution < 1.29 is 40.5 Å². The molecule has 0 radical (unpaired) electrons. The van der Waals surface area contributed by atoms with Gasteiger partial charge < -0.3 is 28.6 Å². The highest BCUT2D eigenvalue weighted by Crippen LogP contribution is 2.37. The topological polar surface area (TPSA) is 121 Å². The Labute approximate surface area is 284 Å². The van der Waals surface area contributed by atoms with Crippen LogP contribution in [0, 0.1) is 6.92 Å². The zero-order valence-electron chi connectivity index (χ0n) is 28.0. The van der Waals surface area contributed by atoms with E-state index < -0.39 is 38.0 Å². The minimum absolute atomic E-state index is 0.0309. The Kier molecular flexibility index (Phi) is 12.0. The number of sulfonamides is 1. The van der Waals surface area contributed by atoms with E-state index in [9.17, 15) is 16.8 Å². The van der Waals surface area contributed by atoms with Gasteiger partial charge in [-0.3, -0.25) is 0 Å². The van der Waals surface area contributed by atoms with Gasteiger partial charge in [0.25, 0.3) is 0 Å². The number of hydrogen-bond donors (Lipinski definition) is 0. The summed E-state index contributed by atoms with van der Waals surface area (Å²) in [5.41, 5.74) is 3.72. The van der Waals surface area contributed by atoms with Crippen molar-refractivity contribution in [3.63, 3.8) is 0 Å². The quantitative estimate of drug-likeness (QED) is 0.215. The van der Waals surface area contributed by atoms with Crippen LogP contribution in [-0.2, 0) is 40.7 Å². The van der Waals surface area contributed by atoms with Crippen molar-refractivity contribution in [2.75, 3.05) is 77.1 Å². The average Bonchev–Trinajstić information content (AvgIpc) is 3.07. The van der Waals surface area contributed by atoms with Crippen LogP contribution in [0.5, 0.6) is 11.5 Å². The zero-order chi connectivity index (χ0) is 34.3. The molecule has 0 spiro atoms. The van der Waals surface area contributed by atoms with Crippen molar-refractivity contribution in [3.8, 4) is 11.5 Å². The maximum atomic E-state index is 14.0. The lowest BCUT2D eigenvalue weighted by Crippen LogP contribution is -2.54. The number of anilines is 1. The van der Waals surface area contributed by atoms with Crippen LogP contribution in [0.3, 0.4) is 0 Å². The van der Waals surface area contributed by atoms with E-state index in [1.807, 2.05) is 43.3 Å². The van der Waals surface area contributed by atoms with E-state index in [0.29, 0.717) is 19.0 Å². The highest BCUT2D eigenvalue weighted by atomic mass is 32.2. The molecule has 0 N–H and O–H groups in total. The van der Waals surface area contributed by atoms with Crippen molar-refractivity contribution >= 4 is 25.5 Å². The highest BCUT2D eigenvalue weighted by molar-refractivity contribution is 7.90. The van der Waals surface area contributed by atoms with Gasteiger partial charge in [-0.15, -0.1) is 0 Å². The molecule has 2 aliphatic rings. The first kappa shape index (κ1) is 36.1. The molecule has 5 rings (SSSR count). The van der Waals surface area contributed by atoms with E-state index in [2.05, 4.69) is 11.0 Å². The SMILES string of the molecule is COCCCN1CCOc2ccc(CO[C@H]3CN(S(=O)(=O)c4ccc(C)cc4)C[C@@H](OCCS(C)(=O)=O)[C@@H]3c3ccc(OC)cc3)cc21. The van der Waals surface area contributed by atoms with Crippen LogP contribution in [0.15, 0.2) is 71.6 Å². The molecule has 2 aliphatic heterocycles. The first-order valence-electron chi connectivity index (χ1n) is 16.1. The Morgan fingerprint density at radius 2 is 1.58 bits per heavy atom. The van der Waals surface area contributed by atoms with E-state index in [1.165, 1.54) is 4.31 Å². The van der Waals surface area contributed by atoms with Gasteiger partial charge in [-0.1, -0.05) is 35.9 Å². The largest absolute Gasteiger partial charge is 0.497 e. The molecule has 0 aromatic heterocycles. The van der Waals surface area contributed by atoms with Gasteiger partial charge in [0.05, 0.1) is 55.4 Å². The Morgan fingerprint density at radius 1 is 0.875 bits per heavy atom. The molecule has 1 saturated heterocycles. The number of sulfone groups is 1. The summed E-state index contributed by atoms with van der Waals surface area (Å²) in [4.78, 5) is 2.46. The average molecular weight is 703 g/mol. The lowest BCUT2D eigenvalue weighted by Gasteiger charge is -2.43. The first-order chi connectivity index (χ1) is 23.0. The van der Waals surface area contributed by atoms with E-state index >= 15 is 0 Å². The Bertz CT molecular complexity index is 1720. The number of nitrogens with zero attached hydrogens (tertiary/aromatic N) is 2. The summed E-state index contributed by atoms with van der Waals surface area (Å²) in [6.45, 7) is 5.01. The number of rotatable bonds is 15. The van der Waals surface area contributed by atoms with Crippen LogP contribution in [-0.4, -0.2) is 106 Å². The number of methoxy groups -OCH3 is 2. The number of aryl methyl sites for hydroxylation is 1. The molecule has 0 amide bonds. The number of benzene rings is 3. The fourth-order valence-electron chi connectivity index (χ4n) is 6.16. The first-order valence-corrected chi connectivity index (χ1v) is 19.6. The smallest absolute Gasteiger partial charge is 0.243 e. The molecule has 48 heavy (non-hydrogen) atoms. The van der Waals surface area contributed by atoms with E-state index in [-0.39, 0.29) is 37.0 Å². The molecule has 3 aromatic carbocycles. The van der Waals surface area contributed by atoms with Gasteiger partial charge in [0.1, 0.15) is 27.9 Å². The number of ether oxygens (including phenoxy) is 5. The summed E-state index contributed by atoms with van der Waals surface area (Å²) >= 11 is 0. The second kappa shape index (κ2) is 16.0. The molecule has 262 valence electrons. The van der Waals surface area contributed by atoms with Gasteiger partial charge in [0, 0.05) is 45.5 Å². The molecule has 0 saturated carbocycles. The van der Waals surface area contributed by atoms with E-state index in [4.69, 9.17) is 23.7 Å². The van der Waals surface area contributed by atoms with Gasteiger partial charge in [-0.25, -0.2) is 16.8 Å². The summed E-state index contributed by atoms with van der Waals surface area (Å²) in [6.07, 6.45) is 0.725. The van der Waals surface area contributed by atoms with Gasteiger partial charge in [0.2, 0.25) is 10.0 Å². The Hall–Kier alpha value is -3.20. The minimum atomic E-state index is -3.93. The predicted octanol–water partition coefficient (Wildman–Crippen LogP) is 4.04. The minimum Gasteiger partial charge on any atom is -0.497 e. The van der Waals surface area contributed by atoms with Crippen LogP contribution >= 0.6 is 0 Å². The molecule has 0 aliphatic carbocycles. The molecule has 3 atom stereocenters. The summed E-state index contributed by atoms with van der Waals surface area (Å²) in [6, 6.07) is 20.2. The van der Waals surface area contributed by atoms with E-state index in [1.54, 1.807) is 38.5 Å². The van der Waals surface area contributed by atoms with Crippen molar-refractivity contribution in [2.24, 2.45) is 0 Å². The summed E-state index contributed by atoms with van der Waals surface area (Å²) in [7, 11) is -3.95. The maximum absolute atomic E-state index is 14.0. The van der Waals surface area contributed by atoms with Gasteiger partial charge >= 0.3 is 0 Å². The fourth-order valence-corrected chi connectivity index (χ4v) is 8.02. The van der Waals surface area contributed by atoms with E-state index in [0.717, 1.165) is 53.9 Å². The van der Waals surface area contributed by atoms with Crippen molar-refractivity contribution in [2.45, 2.75) is 43.0 Å². The van der Waals surface area contributed by atoms with Gasteiger partial charge in [-0.2, -0.15) is 4.31 Å². The second-order valence-electron chi connectivity index (χ2n) is 12.3. The Morgan fingerprint density at radius 3 is 2.25 bits per heavy atom. The van der Waals surface area contributed by atoms with Crippen LogP contribution < -0.4 is 14.4 Å². The second-order valence-corrected chi connectivity index (χ2v) is 16.5. The molecule has 2 heterocycles. The lowest BCUT2D eigenvalue weighted by molar-refractivity contribution is -0.0758. The van der Waals surface area contributed by atoms with Crippen molar-refractivity contribution in [3.05, 3.63) is 83.4 Å². The summed E-state index contributed by atoms with van der Waals surface area (Å²) in [5.74, 6) is 0.904. The molecule has 0 unspecified atom stereocenters. The standard InChI is InChI=1S/C35H46N2O9S2/c1-26-6-13-30(14-7-26)48(40,41)37-23-33(45-20-21-47(4,38)39)35(28-9-11-29(43-3)12-10-28)34(24-37)46-25-27-8-15-32-31(22-27)36(17-19-44-32)16-5-18-42-2/h6-15,22,33-35H,5,16-21,23-25H2,1-4H3/t33-,34+,35+/m1/s1. The number of hydrogen-bond acceptors (Lipinski definition) is 10. The molecule has 1 fully saturated rings. The van der Waals surface area contributed by atoms with Crippen LogP contribution in [0.1, 0.15) is 29.0 Å². The molecule has 13 heteroatoms. The molecule has 0 bridgehead atoms. The van der Waals surface area contributed by atoms with Crippen LogP contribution in [0.4, 0.5) is 5.69 Å². The third-order valence-electron chi connectivity index (χ3n) is 8.74. The third kappa shape index (κ3) is 9.07. The summed E-state index contributed by atoms with van der Waals surface area (Å²) < 4.78 is 82.9. The van der Waals surface area contributed by atoms with Crippen LogP contribution in [0.2, 0.25) is 0 Å². The molecular weight excluding hydrogens is 657 g/mol. The number of fused-ring (bicyclic) bond motifs is 1. The molecular formula is C35H46N2O9S2. The third-order valence-corrected chi connectivity index (χ3v) is 11.5. The predicted molar refractivity (Wildman–Crippen MR) is 184 cm³/mol. The zero-order valence-corrected chi connectivity index (χ0v) is 29.7. The fraction of sp³-hybridized carbons (Fsp3) is 0.486. The van der Waals surface area contributed by atoms with Crippen molar-refractivity contribution in [1.82, 2.24) is 4.31 Å². The molecule has 11 nitrogen and oxygen atoms in total. The normalized spacial score (nSPS) is 20.2. The lowest BCUT2D eigenvalue weighted by atomic mass is 9.85. The van der Waals surface area contributed by atoms with Crippen LogP contribution in [0.25, 0.3) is 0 Å². The Balaban J connectivity index is 1.46. The maximum Gasteiger partial charge on any atom is 0.243 e.